The molecule has 0 aliphatic carbocycles. The number of rotatable bonds is 4. The van der Waals surface area contributed by atoms with Gasteiger partial charge in [0.1, 0.15) is 31.5 Å². The van der Waals surface area contributed by atoms with Crippen LogP contribution in [-0.4, -0.2) is 38.5 Å². The molecule has 0 saturated carbocycles. The third-order valence-corrected chi connectivity index (χ3v) is 4.98. The first-order valence-corrected chi connectivity index (χ1v) is 9.85. The largest absolute Gasteiger partial charge is 0.486 e. The second-order valence-corrected chi connectivity index (χ2v) is 7.29. The van der Waals surface area contributed by atoms with Crippen molar-refractivity contribution in [2.24, 2.45) is 0 Å². The number of nitrogens with one attached hydrogen (secondary N) is 1. The fraction of sp³-hybridized carbons (Fsp3) is 0.143. The molecule has 0 spiro atoms. The lowest BCUT2D eigenvalue weighted by atomic mass is 10.2. The van der Waals surface area contributed by atoms with E-state index in [9.17, 15) is 9.59 Å². The number of nitrogens with zero attached hydrogens (tertiary/aromatic N) is 4. The van der Waals surface area contributed by atoms with E-state index in [1.54, 1.807) is 36.4 Å². The topological polar surface area (TPSA) is 100 Å². The summed E-state index contributed by atoms with van der Waals surface area (Å²) in [5.41, 5.74) is 1.25. The van der Waals surface area contributed by atoms with Crippen LogP contribution < -0.4 is 20.3 Å². The van der Waals surface area contributed by atoms with E-state index in [0.717, 1.165) is 0 Å². The van der Waals surface area contributed by atoms with Crippen LogP contribution in [0.5, 0.6) is 11.5 Å². The Hall–Kier alpha value is -3.85. The molecule has 0 atom stereocenters. The first-order chi connectivity index (χ1) is 15.1. The molecule has 0 radical (unpaired) electrons. The van der Waals surface area contributed by atoms with Crippen LogP contribution in [0.4, 0.5) is 5.69 Å². The summed E-state index contributed by atoms with van der Waals surface area (Å²) in [7, 11) is 0. The summed E-state index contributed by atoms with van der Waals surface area (Å²) in [5.74, 6) is 0.826. The van der Waals surface area contributed by atoms with Crippen LogP contribution in [-0.2, 0) is 11.3 Å². The molecular formula is C21H16ClN5O4. The molecular weight excluding hydrogens is 422 g/mol. The van der Waals surface area contributed by atoms with Gasteiger partial charge in [0.25, 0.3) is 5.56 Å². The van der Waals surface area contributed by atoms with Gasteiger partial charge in [0.05, 0.1) is 11.9 Å². The van der Waals surface area contributed by atoms with Crippen LogP contribution in [0, 0.1) is 0 Å². The third kappa shape index (κ3) is 3.71. The zero-order valence-corrected chi connectivity index (χ0v) is 16.9. The van der Waals surface area contributed by atoms with Crippen molar-refractivity contribution in [2.75, 3.05) is 18.5 Å². The van der Waals surface area contributed by atoms with Crippen LogP contribution in [0.15, 0.2) is 59.8 Å². The summed E-state index contributed by atoms with van der Waals surface area (Å²) in [6.07, 6.45) is 2.76. The van der Waals surface area contributed by atoms with E-state index in [4.69, 9.17) is 21.1 Å². The minimum Gasteiger partial charge on any atom is -0.486 e. The molecule has 1 amide bonds. The second-order valence-electron chi connectivity index (χ2n) is 6.86. The summed E-state index contributed by atoms with van der Waals surface area (Å²) in [4.78, 5) is 29.7. The van der Waals surface area contributed by atoms with Crippen LogP contribution in [0.3, 0.4) is 0 Å². The first-order valence-electron chi connectivity index (χ1n) is 9.47. The molecule has 31 heavy (non-hydrogen) atoms. The number of anilines is 1. The zero-order valence-electron chi connectivity index (χ0n) is 16.1. The lowest BCUT2D eigenvalue weighted by molar-refractivity contribution is -0.116. The van der Waals surface area contributed by atoms with Crippen molar-refractivity contribution < 1.29 is 14.3 Å². The Kier molecular flexibility index (Phi) is 4.79. The fourth-order valence-corrected chi connectivity index (χ4v) is 3.52. The average molecular weight is 438 g/mol. The number of amides is 1. The van der Waals surface area contributed by atoms with Crippen molar-refractivity contribution in [3.63, 3.8) is 0 Å². The first kappa shape index (κ1) is 19.1. The van der Waals surface area contributed by atoms with Crippen molar-refractivity contribution >= 4 is 34.2 Å². The van der Waals surface area contributed by atoms with Crippen LogP contribution in [0.2, 0.25) is 5.02 Å². The van der Waals surface area contributed by atoms with Gasteiger partial charge in [-0.05, 0) is 30.3 Å². The molecule has 0 fully saturated rings. The molecule has 2 aromatic heterocycles. The van der Waals surface area contributed by atoms with Gasteiger partial charge in [-0.2, -0.15) is 5.10 Å². The van der Waals surface area contributed by atoms with Crippen molar-refractivity contribution in [1.29, 1.82) is 0 Å². The van der Waals surface area contributed by atoms with Crippen LogP contribution in [0.25, 0.3) is 16.7 Å². The minimum absolute atomic E-state index is 0.196. The highest BCUT2D eigenvalue weighted by molar-refractivity contribution is 6.30. The molecule has 4 aromatic rings. The highest BCUT2D eigenvalue weighted by Gasteiger charge is 2.15. The Morgan fingerprint density at radius 3 is 2.81 bits per heavy atom. The number of hydrogen-bond donors (Lipinski definition) is 1. The van der Waals surface area contributed by atoms with E-state index < -0.39 is 0 Å². The zero-order chi connectivity index (χ0) is 21.4. The van der Waals surface area contributed by atoms with E-state index in [0.29, 0.717) is 52.1 Å². The van der Waals surface area contributed by atoms with E-state index in [1.165, 1.54) is 21.8 Å². The minimum atomic E-state index is -0.373. The third-order valence-electron chi connectivity index (χ3n) is 4.75. The Labute approximate surface area is 180 Å². The number of fused-ring (bicyclic) bond motifs is 2. The van der Waals surface area contributed by atoms with Crippen molar-refractivity contribution in [3.05, 3.63) is 70.4 Å². The molecule has 9 nitrogen and oxygen atoms in total. The SMILES string of the molecule is O=C(Cn1cnc2c(cnn2-c2cccc(Cl)c2)c1=O)Nc1ccc2c(c1)OCCO2. The highest BCUT2D eigenvalue weighted by atomic mass is 35.5. The van der Waals surface area contributed by atoms with E-state index in [1.807, 2.05) is 6.07 Å². The molecule has 10 heteroatoms. The van der Waals surface area contributed by atoms with Crippen molar-refractivity contribution in [1.82, 2.24) is 19.3 Å². The van der Waals surface area contributed by atoms with Gasteiger partial charge in [-0.3, -0.25) is 14.2 Å². The fourth-order valence-electron chi connectivity index (χ4n) is 3.33. The standard InChI is InChI=1S/C21H16ClN5O4/c22-13-2-1-3-15(8-13)27-20-16(10-24-27)21(29)26(12-23-20)11-19(28)25-14-4-5-17-18(9-14)31-7-6-30-17/h1-5,8-10,12H,6-7,11H2,(H,25,28). The maximum Gasteiger partial charge on any atom is 0.264 e. The summed E-state index contributed by atoms with van der Waals surface area (Å²) in [6, 6.07) is 12.2. The maximum atomic E-state index is 12.8. The summed E-state index contributed by atoms with van der Waals surface area (Å²) in [5, 5.41) is 7.86. The van der Waals surface area contributed by atoms with Crippen LogP contribution in [0.1, 0.15) is 0 Å². The monoisotopic (exact) mass is 437 g/mol. The number of halogens is 1. The predicted molar refractivity (Wildman–Crippen MR) is 114 cm³/mol. The van der Waals surface area contributed by atoms with Gasteiger partial charge < -0.3 is 14.8 Å². The molecule has 5 rings (SSSR count). The van der Waals surface area contributed by atoms with E-state index in [2.05, 4.69) is 15.4 Å². The molecule has 0 saturated heterocycles. The molecule has 156 valence electrons. The van der Waals surface area contributed by atoms with Gasteiger partial charge in [0.2, 0.25) is 5.91 Å². The quantitative estimate of drug-likeness (QED) is 0.527. The van der Waals surface area contributed by atoms with Gasteiger partial charge in [-0.1, -0.05) is 17.7 Å². The van der Waals surface area contributed by atoms with Gasteiger partial charge in [-0.25, -0.2) is 9.67 Å². The average Bonchev–Trinajstić information content (AvgIpc) is 3.20. The van der Waals surface area contributed by atoms with Crippen molar-refractivity contribution in [2.45, 2.75) is 6.54 Å². The number of ether oxygens (including phenoxy) is 2. The summed E-state index contributed by atoms with van der Waals surface area (Å²) >= 11 is 6.05. The Balaban J connectivity index is 1.38. The Morgan fingerprint density at radius 1 is 1.13 bits per heavy atom. The summed E-state index contributed by atoms with van der Waals surface area (Å²) in [6.45, 7) is 0.748. The lowest BCUT2D eigenvalue weighted by Crippen LogP contribution is -2.28. The van der Waals surface area contributed by atoms with Crippen LogP contribution >= 0.6 is 11.6 Å². The Morgan fingerprint density at radius 2 is 1.97 bits per heavy atom. The maximum absolute atomic E-state index is 12.8. The normalized spacial score (nSPS) is 12.7. The van der Waals surface area contributed by atoms with E-state index >= 15 is 0 Å². The number of carbonyl (C=O) groups is 1. The highest BCUT2D eigenvalue weighted by Crippen LogP contribution is 2.32. The van der Waals surface area contributed by atoms with Gasteiger partial charge >= 0.3 is 0 Å². The molecule has 0 bridgehead atoms. The smallest absolute Gasteiger partial charge is 0.264 e. The second kappa shape index (κ2) is 7.77. The van der Waals surface area contributed by atoms with Gasteiger partial charge in [-0.15, -0.1) is 0 Å². The molecule has 2 aromatic carbocycles. The molecule has 1 N–H and O–H groups in total. The van der Waals surface area contributed by atoms with Gasteiger partial charge in [0, 0.05) is 16.8 Å². The predicted octanol–water partition coefficient (Wildman–Crippen LogP) is 2.65. The molecule has 1 aliphatic heterocycles. The number of hydrogen-bond acceptors (Lipinski definition) is 6. The molecule has 0 unspecified atom stereocenters. The van der Waals surface area contributed by atoms with Gasteiger partial charge in [0.15, 0.2) is 17.1 Å². The molecule has 3 heterocycles. The van der Waals surface area contributed by atoms with Crippen molar-refractivity contribution in [3.8, 4) is 17.2 Å². The number of carbonyl (C=O) groups excluding carboxylic acids is 1. The molecule has 1 aliphatic rings. The van der Waals surface area contributed by atoms with E-state index in [-0.39, 0.29) is 18.0 Å². The lowest BCUT2D eigenvalue weighted by Gasteiger charge is -2.19. The number of aromatic nitrogens is 4. The summed E-state index contributed by atoms with van der Waals surface area (Å²) < 4.78 is 13.8. The number of benzene rings is 2. The Bertz CT molecular complexity index is 1360.